The normalized spacial score (nSPS) is 12.6. The molecule has 0 fully saturated rings. The van der Waals surface area contributed by atoms with Gasteiger partial charge in [0, 0.05) is 24.7 Å². The molecule has 5 heteroatoms. The molecule has 0 saturated carbocycles. The summed E-state index contributed by atoms with van der Waals surface area (Å²) in [5.41, 5.74) is 12.6. The van der Waals surface area contributed by atoms with Crippen LogP contribution in [0.5, 0.6) is 17.2 Å². The number of rotatable bonds is 8. The van der Waals surface area contributed by atoms with Crippen molar-refractivity contribution in [3.05, 3.63) is 42.5 Å². The van der Waals surface area contributed by atoms with Crippen molar-refractivity contribution in [1.82, 2.24) is 4.90 Å². The number of benzene rings is 2. The molecule has 1 atom stereocenters. The Labute approximate surface area is 156 Å². The van der Waals surface area contributed by atoms with Crippen LogP contribution in [0.3, 0.4) is 0 Å². The second-order valence-corrected chi connectivity index (χ2v) is 7.18. The number of anilines is 2. The minimum Gasteiger partial charge on any atom is -0.489 e. The number of nitrogens with zero attached hydrogens (tertiary/aromatic N) is 1. The van der Waals surface area contributed by atoms with Gasteiger partial charge in [-0.25, -0.2) is 0 Å². The molecule has 2 aromatic rings. The van der Waals surface area contributed by atoms with E-state index in [1.807, 2.05) is 24.3 Å². The lowest BCUT2D eigenvalue weighted by molar-refractivity contribution is 0.0995. The predicted octanol–water partition coefficient (Wildman–Crippen LogP) is 4.53. The molecule has 2 rings (SSSR count). The largest absolute Gasteiger partial charge is 0.489 e. The predicted molar refractivity (Wildman–Crippen MR) is 109 cm³/mol. The summed E-state index contributed by atoms with van der Waals surface area (Å²) >= 11 is 0. The summed E-state index contributed by atoms with van der Waals surface area (Å²) in [5.74, 6) is 2.21. The highest BCUT2D eigenvalue weighted by Gasteiger charge is 2.17. The first kappa shape index (κ1) is 19.9. The zero-order valence-corrected chi connectivity index (χ0v) is 16.4. The van der Waals surface area contributed by atoms with Crippen molar-refractivity contribution in [3.8, 4) is 17.2 Å². The van der Waals surface area contributed by atoms with E-state index in [-0.39, 0.29) is 6.10 Å². The Kier molecular flexibility index (Phi) is 6.75. The van der Waals surface area contributed by atoms with E-state index in [0.717, 1.165) is 18.0 Å². The van der Waals surface area contributed by atoms with Crippen molar-refractivity contribution in [3.63, 3.8) is 0 Å². The molecular formula is C21H31N3O2. The molecule has 142 valence electrons. The smallest absolute Gasteiger partial charge is 0.129 e. The van der Waals surface area contributed by atoms with E-state index in [1.165, 1.54) is 0 Å². The van der Waals surface area contributed by atoms with Crippen LogP contribution in [0.1, 0.15) is 34.6 Å². The fourth-order valence-corrected chi connectivity index (χ4v) is 2.92. The van der Waals surface area contributed by atoms with E-state index in [1.54, 1.807) is 18.2 Å². The molecule has 4 N–H and O–H groups in total. The van der Waals surface area contributed by atoms with Crippen LogP contribution in [-0.4, -0.2) is 29.6 Å². The molecular weight excluding hydrogens is 326 g/mol. The zero-order valence-electron chi connectivity index (χ0n) is 16.4. The molecule has 0 heterocycles. The minimum absolute atomic E-state index is 0.100. The molecule has 0 aliphatic heterocycles. The maximum Gasteiger partial charge on any atom is 0.129 e. The molecule has 2 aromatic carbocycles. The van der Waals surface area contributed by atoms with Crippen LogP contribution in [0.15, 0.2) is 42.5 Å². The highest BCUT2D eigenvalue weighted by molar-refractivity contribution is 5.65. The van der Waals surface area contributed by atoms with Gasteiger partial charge in [-0.1, -0.05) is 0 Å². The van der Waals surface area contributed by atoms with Crippen LogP contribution in [0.4, 0.5) is 11.4 Å². The van der Waals surface area contributed by atoms with Gasteiger partial charge in [0.15, 0.2) is 0 Å². The van der Waals surface area contributed by atoms with Crippen LogP contribution in [-0.2, 0) is 0 Å². The summed E-state index contributed by atoms with van der Waals surface area (Å²) in [5, 5.41) is 0. The average molecular weight is 357 g/mol. The van der Waals surface area contributed by atoms with Crippen LogP contribution in [0.25, 0.3) is 0 Å². The number of nitrogens with two attached hydrogens (primary N) is 2. The molecule has 0 saturated heterocycles. The Hall–Kier alpha value is -2.40. The van der Waals surface area contributed by atoms with Crippen LogP contribution in [0, 0.1) is 0 Å². The molecule has 5 nitrogen and oxygen atoms in total. The Bertz CT molecular complexity index is 691. The molecule has 0 amide bonds. The average Bonchev–Trinajstić information content (AvgIpc) is 2.57. The fraction of sp³-hybridized carbons (Fsp3) is 0.429. The third-order valence-corrected chi connectivity index (χ3v) is 4.25. The van der Waals surface area contributed by atoms with Gasteiger partial charge in [0.25, 0.3) is 0 Å². The van der Waals surface area contributed by atoms with Crippen LogP contribution in [0.2, 0.25) is 0 Å². The summed E-state index contributed by atoms with van der Waals surface area (Å²) in [6.45, 7) is 11.8. The van der Waals surface area contributed by atoms with Gasteiger partial charge in [0.05, 0.1) is 11.4 Å². The Morgan fingerprint density at radius 3 is 1.85 bits per heavy atom. The van der Waals surface area contributed by atoms with E-state index in [4.69, 9.17) is 20.9 Å². The minimum atomic E-state index is 0.100. The van der Waals surface area contributed by atoms with Gasteiger partial charge in [0.1, 0.15) is 23.4 Å². The number of nitrogen functional groups attached to an aromatic ring is 2. The molecule has 1 unspecified atom stereocenters. The van der Waals surface area contributed by atoms with Crippen molar-refractivity contribution in [1.29, 1.82) is 0 Å². The molecule has 26 heavy (non-hydrogen) atoms. The number of hydrogen-bond acceptors (Lipinski definition) is 5. The highest BCUT2D eigenvalue weighted by atomic mass is 16.5. The van der Waals surface area contributed by atoms with Crippen molar-refractivity contribution < 1.29 is 9.47 Å². The highest BCUT2D eigenvalue weighted by Crippen LogP contribution is 2.28. The second kappa shape index (κ2) is 8.81. The van der Waals surface area contributed by atoms with E-state index >= 15 is 0 Å². The lowest BCUT2D eigenvalue weighted by atomic mass is 10.2. The monoisotopic (exact) mass is 357 g/mol. The molecule has 0 aromatic heterocycles. The van der Waals surface area contributed by atoms with Crippen LogP contribution >= 0.6 is 0 Å². The molecule has 0 spiro atoms. The van der Waals surface area contributed by atoms with E-state index < -0.39 is 0 Å². The van der Waals surface area contributed by atoms with Gasteiger partial charge in [-0.3, -0.25) is 4.90 Å². The van der Waals surface area contributed by atoms with Gasteiger partial charge in [-0.05, 0) is 71.0 Å². The summed E-state index contributed by atoms with van der Waals surface area (Å²) in [4.78, 5) is 2.42. The molecule has 0 bridgehead atoms. The van der Waals surface area contributed by atoms with Crippen molar-refractivity contribution >= 4 is 11.4 Å². The summed E-state index contributed by atoms with van der Waals surface area (Å²) in [6.07, 6.45) is 0.100. The molecule has 0 aliphatic rings. The second-order valence-electron chi connectivity index (χ2n) is 7.18. The lowest BCUT2D eigenvalue weighted by Gasteiger charge is -2.32. The maximum absolute atomic E-state index is 6.05. The van der Waals surface area contributed by atoms with Crippen LogP contribution < -0.4 is 20.9 Å². The quantitative estimate of drug-likeness (QED) is 0.679. The molecule has 0 radical (unpaired) electrons. The molecule has 0 aliphatic carbocycles. The third-order valence-electron chi connectivity index (χ3n) is 4.25. The Morgan fingerprint density at radius 1 is 0.769 bits per heavy atom. The van der Waals surface area contributed by atoms with Crippen molar-refractivity contribution in [2.45, 2.75) is 52.8 Å². The van der Waals surface area contributed by atoms with Crippen molar-refractivity contribution in [2.24, 2.45) is 0 Å². The standard InChI is InChI=1S/C21H31N3O2/c1-14(2)24(15(3)4)13-16(5)25-17-6-8-18(9-7-17)26-19-10-11-20(22)21(23)12-19/h6-12,14-16H,13,22-23H2,1-5H3. The first-order chi connectivity index (χ1) is 12.3. The van der Waals surface area contributed by atoms with E-state index in [2.05, 4.69) is 39.5 Å². The lowest BCUT2D eigenvalue weighted by Crippen LogP contribution is -2.42. The summed E-state index contributed by atoms with van der Waals surface area (Å²) < 4.78 is 11.9. The van der Waals surface area contributed by atoms with Gasteiger partial charge < -0.3 is 20.9 Å². The van der Waals surface area contributed by atoms with Gasteiger partial charge in [0.2, 0.25) is 0 Å². The SMILES string of the molecule is CC(CN(C(C)C)C(C)C)Oc1ccc(Oc2ccc(N)c(N)c2)cc1. The zero-order chi connectivity index (χ0) is 19.3. The summed E-state index contributed by atoms with van der Waals surface area (Å²) in [6, 6.07) is 13.8. The van der Waals surface area contributed by atoms with Gasteiger partial charge in [-0.15, -0.1) is 0 Å². The Balaban J connectivity index is 1.95. The van der Waals surface area contributed by atoms with Crippen molar-refractivity contribution in [2.75, 3.05) is 18.0 Å². The maximum atomic E-state index is 6.05. The third kappa shape index (κ3) is 5.56. The fourth-order valence-electron chi connectivity index (χ4n) is 2.92. The topological polar surface area (TPSA) is 73.7 Å². The number of hydrogen-bond donors (Lipinski definition) is 2. The van der Waals surface area contributed by atoms with Gasteiger partial charge in [-0.2, -0.15) is 0 Å². The first-order valence-corrected chi connectivity index (χ1v) is 9.11. The number of ether oxygens (including phenoxy) is 2. The first-order valence-electron chi connectivity index (χ1n) is 9.11. The van der Waals surface area contributed by atoms with E-state index in [0.29, 0.717) is 29.2 Å². The summed E-state index contributed by atoms with van der Waals surface area (Å²) in [7, 11) is 0. The van der Waals surface area contributed by atoms with Gasteiger partial charge >= 0.3 is 0 Å². The van der Waals surface area contributed by atoms with E-state index in [9.17, 15) is 0 Å². The Morgan fingerprint density at radius 2 is 1.31 bits per heavy atom.